The SMILES string of the molecule is COc1ccc(OC)c2c(O)c([C@@H]3C[C@H](N(C)C)[C@@H](O)[C@H](C)O3)ccc12. The summed E-state index contributed by atoms with van der Waals surface area (Å²) < 4.78 is 16.9. The van der Waals surface area contributed by atoms with Gasteiger partial charge in [-0.2, -0.15) is 0 Å². The molecule has 0 bridgehead atoms. The van der Waals surface area contributed by atoms with Crippen molar-refractivity contribution >= 4 is 10.8 Å². The maximum Gasteiger partial charge on any atom is 0.133 e. The van der Waals surface area contributed by atoms with Gasteiger partial charge >= 0.3 is 0 Å². The second kappa shape index (κ2) is 7.31. The summed E-state index contributed by atoms with van der Waals surface area (Å²) in [7, 11) is 7.06. The van der Waals surface area contributed by atoms with E-state index in [4.69, 9.17) is 14.2 Å². The van der Waals surface area contributed by atoms with Gasteiger partial charge in [0.05, 0.1) is 37.9 Å². The Kier molecular flexibility index (Phi) is 5.27. The van der Waals surface area contributed by atoms with Gasteiger partial charge in [0.25, 0.3) is 0 Å². The van der Waals surface area contributed by atoms with Crippen LogP contribution in [0.3, 0.4) is 0 Å². The summed E-state index contributed by atoms with van der Waals surface area (Å²) >= 11 is 0. The predicted molar refractivity (Wildman–Crippen MR) is 100 cm³/mol. The zero-order valence-electron chi connectivity index (χ0n) is 15.9. The van der Waals surface area contributed by atoms with Crippen molar-refractivity contribution in [3.8, 4) is 17.2 Å². The fourth-order valence-corrected chi connectivity index (χ4v) is 3.78. The van der Waals surface area contributed by atoms with Gasteiger partial charge in [0, 0.05) is 17.0 Å². The second-order valence-corrected chi connectivity index (χ2v) is 6.98. The van der Waals surface area contributed by atoms with Gasteiger partial charge < -0.3 is 29.3 Å². The van der Waals surface area contributed by atoms with Crippen LogP contribution in [0.2, 0.25) is 0 Å². The lowest BCUT2D eigenvalue weighted by Gasteiger charge is -2.41. The highest BCUT2D eigenvalue weighted by molar-refractivity contribution is 5.98. The second-order valence-electron chi connectivity index (χ2n) is 6.98. The number of methoxy groups -OCH3 is 2. The quantitative estimate of drug-likeness (QED) is 0.873. The number of likely N-dealkylation sites (N-methyl/N-ethyl adjacent to an activating group) is 1. The Balaban J connectivity index is 2.10. The molecule has 1 fully saturated rings. The molecule has 1 aliphatic rings. The molecule has 2 aromatic carbocycles. The monoisotopic (exact) mass is 361 g/mol. The molecule has 142 valence electrons. The largest absolute Gasteiger partial charge is 0.507 e. The summed E-state index contributed by atoms with van der Waals surface area (Å²) in [5, 5.41) is 22.8. The molecule has 4 atom stereocenters. The molecule has 0 saturated carbocycles. The Morgan fingerprint density at radius 2 is 1.73 bits per heavy atom. The highest BCUT2D eigenvalue weighted by atomic mass is 16.5. The van der Waals surface area contributed by atoms with E-state index in [2.05, 4.69) is 0 Å². The van der Waals surface area contributed by atoms with Crippen molar-refractivity contribution in [2.75, 3.05) is 28.3 Å². The van der Waals surface area contributed by atoms with E-state index in [1.165, 1.54) is 0 Å². The van der Waals surface area contributed by atoms with Crippen molar-refractivity contribution in [2.24, 2.45) is 0 Å². The molecule has 1 saturated heterocycles. The Hall–Kier alpha value is -2.02. The molecular formula is C20H27NO5. The average Bonchev–Trinajstić information content (AvgIpc) is 2.63. The van der Waals surface area contributed by atoms with E-state index in [1.54, 1.807) is 20.3 Å². The molecule has 1 heterocycles. The molecule has 0 aliphatic carbocycles. The molecule has 0 aromatic heterocycles. The Morgan fingerprint density at radius 3 is 2.35 bits per heavy atom. The summed E-state index contributed by atoms with van der Waals surface area (Å²) in [4.78, 5) is 2.00. The standard InChI is InChI=1S/C20H27NO5/c1-11-19(22)14(21(2)3)10-17(26-11)13-7-6-12-15(24-4)8-9-16(25-5)18(12)20(13)23/h6-9,11,14,17,19,22-23H,10H2,1-5H3/t11-,14-,17-,19-/m0/s1. The van der Waals surface area contributed by atoms with Crippen LogP contribution in [0.5, 0.6) is 17.2 Å². The first-order chi connectivity index (χ1) is 12.4. The van der Waals surface area contributed by atoms with Crippen LogP contribution in [-0.2, 0) is 4.74 Å². The highest BCUT2D eigenvalue weighted by Crippen LogP contribution is 2.45. The number of hydrogen-bond acceptors (Lipinski definition) is 6. The van der Waals surface area contributed by atoms with Crippen LogP contribution in [-0.4, -0.2) is 61.7 Å². The molecule has 6 nitrogen and oxygen atoms in total. The minimum atomic E-state index is -0.571. The molecule has 0 radical (unpaired) electrons. The Bertz CT molecular complexity index is 791. The molecule has 0 unspecified atom stereocenters. The van der Waals surface area contributed by atoms with E-state index >= 15 is 0 Å². The molecule has 2 aromatic rings. The minimum Gasteiger partial charge on any atom is -0.507 e. The third-order valence-corrected chi connectivity index (χ3v) is 5.27. The number of rotatable bonds is 4. The lowest BCUT2D eigenvalue weighted by atomic mass is 9.90. The van der Waals surface area contributed by atoms with Gasteiger partial charge in [-0.3, -0.25) is 0 Å². The van der Waals surface area contributed by atoms with Crippen molar-refractivity contribution in [2.45, 2.75) is 37.7 Å². The highest BCUT2D eigenvalue weighted by Gasteiger charge is 2.38. The van der Waals surface area contributed by atoms with Crippen LogP contribution in [0.4, 0.5) is 0 Å². The van der Waals surface area contributed by atoms with E-state index in [0.717, 1.165) is 5.39 Å². The fourth-order valence-electron chi connectivity index (χ4n) is 3.78. The van der Waals surface area contributed by atoms with E-state index < -0.39 is 6.10 Å². The lowest BCUT2D eigenvalue weighted by molar-refractivity contribution is -0.142. The maximum atomic E-state index is 11.0. The molecular weight excluding hydrogens is 334 g/mol. The molecule has 26 heavy (non-hydrogen) atoms. The topological polar surface area (TPSA) is 71.4 Å². The number of benzene rings is 2. The number of hydrogen-bond donors (Lipinski definition) is 2. The van der Waals surface area contributed by atoms with Crippen molar-refractivity contribution in [3.63, 3.8) is 0 Å². The predicted octanol–water partition coefficient (Wildman–Crippen LogP) is 2.70. The fraction of sp³-hybridized carbons (Fsp3) is 0.500. The molecule has 0 amide bonds. The number of aliphatic hydroxyl groups excluding tert-OH is 1. The number of nitrogens with zero attached hydrogens (tertiary/aromatic N) is 1. The van der Waals surface area contributed by atoms with Gasteiger partial charge in [-0.1, -0.05) is 6.07 Å². The first kappa shape index (κ1) is 18.8. The molecule has 6 heteroatoms. The minimum absolute atomic E-state index is 0.0500. The van der Waals surface area contributed by atoms with Crippen LogP contribution >= 0.6 is 0 Å². The zero-order valence-corrected chi connectivity index (χ0v) is 15.9. The van der Waals surface area contributed by atoms with Gasteiger partial charge in [0.2, 0.25) is 0 Å². The molecule has 0 spiro atoms. The lowest BCUT2D eigenvalue weighted by Crippen LogP contribution is -2.50. The van der Waals surface area contributed by atoms with Crippen LogP contribution < -0.4 is 9.47 Å². The first-order valence-corrected chi connectivity index (χ1v) is 8.75. The van der Waals surface area contributed by atoms with Gasteiger partial charge in [-0.25, -0.2) is 0 Å². The summed E-state index contributed by atoms with van der Waals surface area (Å²) in [6, 6.07) is 7.32. The van der Waals surface area contributed by atoms with Crippen LogP contribution in [0.1, 0.15) is 25.0 Å². The van der Waals surface area contributed by atoms with Gasteiger partial charge in [-0.15, -0.1) is 0 Å². The molecule has 2 N–H and O–H groups in total. The number of fused-ring (bicyclic) bond motifs is 1. The van der Waals surface area contributed by atoms with Gasteiger partial charge in [-0.05, 0) is 45.6 Å². The van der Waals surface area contributed by atoms with Crippen molar-refractivity contribution in [1.29, 1.82) is 0 Å². The number of phenolic OH excluding ortho intramolecular Hbond substituents is 1. The van der Waals surface area contributed by atoms with Crippen molar-refractivity contribution in [3.05, 3.63) is 29.8 Å². The van der Waals surface area contributed by atoms with Gasteiger partial charge in [0.1, 0.15) is 17.2 Å². The number of ether oxygens (including phenoxy) is 3. The number of aromatic hydroxyl groups is 1. The van der Waals surface area contributed by atoms with Gasteiger partial charge in [0.15, 0.2) is 0 Å². The van der Waals surface area contributed by atoms with Crippen LogP contribution in [0.15, 0.2) is 24.3 Å². The average molecular weight is 361 g/mol. The smallest absolute Gasteiger partial charge is 0.133 e. The normalized spacial score (nSPS) is 26.3. The maximum absolute atomic E-state index is 11.0. The Morgan fingerprint density at radius 1 is 1.08 bits per heavy atom. The summed E-state index contributed by atoms with van der Waals surface area (Å²) in [6.07, 6.45) is -0.632. The third kappa shape index (κ3) is 3.09. The van der Waals surface area contributed by atoms with E-state index in [9.17, 15) is 10.2 Å². The van der Waals surface area contributed by atoms with Crippen molar-refractivity contribution in [1.82, 2.24) is 4.90 Å². The van der Waals surface area contributed by atoms with E-state index in [1.807, 2.05) is 44.1 Å². The third-order valence-electron chi connectivity index (χ3n) is 5.27. The van der Waals surface area contributed by atoms with E-state index in [0.29, 0.717) is 28.9 Å². The molecule has 3 rings (SSSR count). The Labute approximate surface area is 153 Å². The summed E-state index contributed by atoms with van der Waals surface area (Å²) in [5.41, 5.74) is 0.689. The van der Waals surface area contributed by atoms with Crippen molar-refractivity contribution < 1.29 is 24.4 Å². The summed E-state index contributed by atoms with van der Waals surface area (Å²) in [5.74, 6) is 1.37. The number of aliphatic hydroxyl groups is 1. The molecule has 1 aliphatic heterocycles. The summed E-state index contributed by atoms with van der Waals surface area (Å²) in [6.45, 7) is 1.86. The van der Waals surface area contributed by atoms with E-state index in [-0.39, 0.29) is 24.0 Å². The van der Waals surface area contributed by atoms with Crippen LogP contribution in [0, 0.1) is 0 Å². The number of phenols is 1. The first-order valence-electron chi connectivity index (χ1n) is 8.75. The zero-order chi connectivity index (χ0) is 19.0. The van der Waals surface area contributed by atoms with Crippen LogP contribution in [0.25, 0.3) is 10.8 Å².